The van der Waals surface area contributed by atoms with Crippen molar-refractivity contribution >= 4 is 11.8 Å². The first-order chi connectivity index (χ1) is 7.33. The number of ether oxygens (including phenoxy) is 1. The molecule has 3 heteroatoms. The summed E-state index contributed by atoms with van der Waals surface area (Å²) >= 11 is 1.84. The van der Waals surface area contributed by atoms with Gasteiger partial charge in [0.2, 0.25) is 0 Å². The number of thioether (sulfide) groups is 1. The van der Waals surface area contributed by atoms with Crippen molar-refractivity contribution in [1.82, 2.24) is 0 Å². The Morgan fingerprint density at radius 1 is 1.53 bits per heavy atom. The third kappa shape index (κ3) is 2.29. The van der Waals surface area contributed by atoms with E-state index >= 15 is 0 Å². The number of rotatable bonds is 4. The molecule has 0 radical (unpaired) electrons. The summed E-state index contributed by atoms with van der Waals surface area (Å²) < 4.78 is 5.64. The van der Waals surface area contributed by atoms with Crippen LogP contribution in [0.5, 0.6) is 5.75 Å². The molecule has 0 aromatic heterocycles. The van der Waals surface area contributed by atoms with E-state index in [0.29, 0.717) is 0 Å². The number of nitrogens with two attached hydrogens (primary N) is 1. The Labute approximate surface area is 95.2 Å². The molecule has 2 rings (SSSR count). The van der Waals surface area contributed by atoms with Gasteiger partial charge in [-0.3, -0.25) is 0 Å². The number of hydrogen-bond acceptors (Lipinski definition) is 3. The first-order valence-corrected chi connectivity index (χ1v) is 6.71. The van der Waals surface area contributed by atoms with E-state index in [0.717, 1.165) is 31.0 Å². The fourth-order valence-corrected chi connectivity index (χ4v) is 2.42. The van der Waals surface area contributed by atoms with Crippen LogP contribution in [-0.2, 0) is 6.42 Å². The second-order valence-electron chi connectivity index (χ2n) is 3.82. The Kier molecular flexibility index (Phi) is 3.54. The summed E-state index contributed by atoms with van der Waals surface area (Å²) in [6, 6.07) is 6.43. The molecular formula is C12H17NOS. The molecule has 1 aromatic rings. The predicted octanol–water partition coefficient (Wildman–Crippen LogP) is 2.37. The lowest BCUT2D eigenvalue weighted by Gasteiger charge is -2.14. The summed E-state index contributed by atoms with van der Waals surface area (Å²) in [6.45, 7) is 0.807. The van der Waals surface area contributed by atoms with E-state index < -0.39 is 0 Å². The minimum absolute atomic E-state index is 0.116. The van der Waals surface area contributed by atoms with Gasteiger partial charge in [-0.05, 0) is 24.0 Å². The van der Waals surface area contributed by atoms with Gasteiger partial charge in [-0.2, -0.15) is 11.8 Å². The largest absolute Gasteiger partial charge is 0.493 e. The van der Waals surface area contributed by atoms with Crippen molar-refractivity contribution in [2.75, 3.05) is 18.6 Å². The predicted molar refractivity (Wildman–Crippen MR) is 65.6 cm³/mol. The minimum Gasteiger partial charge on any atom is -0.493 e. The van der Waals surface area contributed by atoms with Crippen LogP contribution in [0.2, 0.25) is 0 Å². The van der Waals surface area contributed by atoms with Crippen LogP contribution >= 0.6 is 11.8 Å². The summed E-state index contributed by atoms with van der Waals surface area (Å²) in [5, 5.41) is 0. The van der Waals surface area contributed by atoms with Crippen molar-refractivity contribution in [3.63, 3.8) is 0 Å². The van der Waals surface area contributed by atoms with Crippen LogP contribution in [-0.4, -0.2) is 18.6 Å². The molecule has 0 aliphatic carbocycles. The molecule has 1 heterocycles. The van der Waals surface area contributed by atoms with Crippen molar-refractivity contribution in [2.45, 2.75) is 18.9 Å². The summed E-state index contributed by atoms with van der Waals surface area (Å²) in [5.74, 6) is 2.15. The number of para-hydroxylation sites is 1. The zero-order chi connectivity index (χ0) is 10.7. The summed E-state index contributed by atoms with van der Waals surface area (Å²) in [4.78, 5) is 0. The fourth-order valence-electron chi connectivity index (χ4n) is 1.93. The zero-order valence-electron chi connectivity index (χ0n) is 9.03. The third-order valence-corrected chi connectivity index (χ3v) is 3.42. The van der Waals surface area contributed by atoms with Gasteiger partial charge in [-0.25, -0.2) is 0 Å². The molecule has 1 aliphatic rings. The lowest BCUT2D eigenvalue weighted by molar-refractivity contribution is 0.351. The second kappa shape index (κ2) is 4.90. The van der Waals surface area contributed by atoms with Gasteiger partial charge in [0.05, 0.1) is 6.61 Å². The average Bonchev–Trinajstić information content (AvgIpc) is 2.73. The van der Waals surface area contributed by atoms with Crippen LogP contribution < -0.4 is 10.5 Å². The lowest BCUT2D eigenvalue weighted by atomic mass is 10.0. The van der Waals surface area contributed by atoms with Crippen molar-refractivity contribution in [1.29, 1.82) is 0 Å². The molecule has 82 valence electrons. The maximum Gasteiger partial charge on any atom is 0.127 e. The van der Waals surface area contributed by atoms with E-state index in [1.54, 1.807) is 0 Å². The Morgan fingerprint density at radius 2 is 2.40 bits per heavy atom. The normalized spacial score (nSPS) is 15.9. The van der Waals surface area contributed by atoms with Gasteiger partial charge in [0.25, 0.3) is 0 Å². The van der Waals surface area contributed by atoms with Crippen LogP contribution in [0.1, 0.15) is 23.6 Å². The standard InChI is InChI=1S/C12H17NOS/c1-15-8-6-11(13)10-4-2-3-9-5-7-14-12(9)10/h2-4,11H,5-8,13H2,1H3. The fraction of sp³-hybridized carbons (Fsp3) is 0.500. The SMILES string of the molecule is CSCCC(N)c1cccc2c1OCC2. The van der Waals surface area contributed by atoms with Crippen molar-refractivity contribution in [3.05, 3.63) is 29.3 Å². The highest BCUT2D eigenvalue weighted by atomic mass is 32.2. The van der Waals surface area contributed by atoms with Gasteiger partial charge >= 0.3 is 0 Å². The molecule has 1 atom stereocenters. The molecule has 0 saturated heterocycles. The van der Waals surface area contributed by atoms with E-state index in [4.69, 9.17) is 10.5 Å². The van der Waals surface area contributed by atoms with Gasteiger partial charge < -0.3 is 10.5 Å². The summed E-state index contributed by atoms with van der Waals surface area (Å²) in [5.41, 5.74) is 8.65. The number of hydrogen-bond donors (Lipinski definition) is 1. The van der Waals surface area contributed by atoms with Gasteiger partial charge in [-0.1, -0.05) is 18.2 Å². The Hall–Kier alpha value is -0.670. The third-order valence-electron chi connectivity index (χ3n) is 2.78. The lowest BCUT2D eigenvalue weighted by Crippen LogP contribution is -2.12. The van der Waals surface area contributed by atoms with Gasteiger partial charge in [-0.15, -0.1) is 0 Å². The van der Waals surface area contributed by atoms with E-state index in [1.165, 1.54) is 11.1 Å². The molecule has 1 aliphatic heterocycles. The minimum atomic E-state index is 0.116. The summed E-state index contributed by atoms with van der Waals surface area (Å²) in [7, 11) is 0. The first-order valence-electron chi connectivity index (χ1n) is 5.32. The van der Waals surface area contributed by atoms with Gasteiger partial charge in [0, 0.05) is 18.0 Å². The van der Waals surface area contributed by atoms with E-state index in [9.17, 15) is 0 Å². The van der Waals surface area contributed by atoms with Crippen LogP contribution in [0.25, 0.3) is 0 Å². The van der Waals surface area contributed by atoms with Crippen LogP contribution in [0, 0.1) is 0 Å². The van der Waals surface area contributed by atoms with Crippen molar-refractivity contribution in [2.24, 2.45) is 5.73 Å². The maximum atomic E-state index is 6.16. The maximum absolute atomic E-state index is 6.16. The second-order valence-corrected chi connectivity index (χ2v) is 4.81. The molecule has 2 nitrogen and oxygen atoms in total. The van der Waals surface area contributed by atoms with Crippen molar-refractivity contribution < 1.29 is 4.74 Å². The van der Waals surface area contributed by atoms with Crippen LogP contribution in [0.15, 0.2) is 18.2 Å². The molecule has 2 N–H and O–H groups in total. The molecular weight excluding hydrogens is 206 g/mol. The first kappa shape index (κ1) is 10.8. The smallest absolute Gasteiger partial charge is 0.127 e. The monoisotopic (exact) mass is 223 g/mol. The van der Waals surface area contributed by atoms with E-state index in [1.807, 2.05) is 11.8 Å². The van der Waals surface area contributed by atoms with Gasteiger partial charge in [0.1, 0.15) is 5.75 Å². The molecule has 1 unspecified atom stereocenters. The highest BCUT2D eigenvalue weighted by Gasteiger charge is 2.19. The van der Waals surface area contributed by atoms with Crippen molar-refractivity contribution in [3.8, 4) is 5.75 Å². The topological polar surface area (TPSA) is 35.2 Å². The average molecular weight is 223 g/mol. The van der Waals surface area contributed by atoms with Gasteiger partial charge in [0.15, 0.2) is 0 Å². The highest BCUT2D eigenvalue weighted by Crippen LogP contribution is 2.33. The van der Waals surface area contributed by atoms with E-state index in [-0.39, 0.29) is 6.04 Å². The Balaban J connectivity index is 2.17. The molecule has 0 saturated carbocycles. The molecule has 0 bridgehead atoms. The molecule has 1 aromatic carbocycles. The number of fused-ring (bicyclic) bond motifs is 1. The van der Waals surface area contributed by atoms with Crippen LogP contribution in [0.3, 0.4) is 0 Å². The molecule has 0 spiro atoms. The molecule has 0 fully saturated rings. The Bertz CT molecular complexity index is 340. The van der Waals surface area contributed by atoms with Crippen LogP contribution in [0.4, 0.5) is 0 Å². The summed E-state index contributed by atoms with van der Waals surface area (Å²) in [6.07, 6.45) is 4.15. The zero-order valence-corrected chi connectivity index (χ0v) is 9.85. The number of benzene rings is 1. The highest BCUT2D eigenvalue weighted by molar-refractivity contribution is 7.98. The molecule has 0 amide bonds. The van der Waals surface area contributed by atoms with E-state index in [2.05, 4.69) is 24.5 Å². The Morgan fingerprint density at radius 3 is 3.20 bits per heavy atom. The quantitative estimate of drug-likeness (QED) is 0.851. The molecule has 15 heavy (non-hydrogen) atoms.